The number of hydrogen-bond donors (Lipinski definition) is 4. The smallest absolute Gasteiger partial charge is 0.335 e. The van der Waals surface area contributed by atoms with Gasteiger partial charge in [-0.3, -0.25) is 0 Å². The number of carboxylic acid groups (broad SMARTS) is 2. The van der Waals surface area contributed by atoms with Gasteiger partial charge in [0.2, 0.25) is 0 Å². The Morgan fingerprint density at radius 1 is 0.710 bits per heavy atom. The topological polar surface area (TPSA) is 124 Å². The Bertz CT molecular complexity index is 1310. The molecule has 0 amide bonds. The Balaban J connectivity index is 0.000000176. The number of carboxylic acids is 2. The molecule has 158 valence electrons. The quantitative estimate of drug-likeness (QED) is 0.375. The van der Waals surface area contributed by atoms with Crippen molar-refractivity contribution in [1.29, 1.82) is 0 Å². The van der Waals surface area contributed by atoms with E-state index >= 15 is 0 Å². The third-order valence-corrected chi connectivity index (χ3v) is 4.91. The summed E-state index contributed by atoms with van der Waals surface area (Å²) in [7, 11) is 1.46. The first kappa shape index (κ1) is 21.4. The van der Waals surface area contributed by atoms with Crippen molar-refractivity contribution in [2.45, 2.75) is 6.92 Å². The van der Waals surface area contributed by atoms with Crippen LogP contribution in [0.5, 0.6) is 17.2 Å². The Morgan fingerprint density at radius 3 is 1.71 bits per heavy atom. The molecule has 0 atom stereocenters. The summed E-state index contributed by atoms with van der Waals surface area (Å²) < 4.78 is 5.06. The van der Waals surface area contributed by atoms with Gasteiger partial charge < -0.3 is 25.2 Å². The van der Waals surface area contributed by atoms with Gasteiger partial charge in [-0.2, -0.15) is 0 Å². The standard InChI is InChI=1S/C12H10O4.C12H10O3/c1-16-11-9-4-2-8(12(14)15)6-7(9)3-5-10(11)13;1-7-10-4-2-9(12(14)15)6-8(10)3-5-11(7)13/h2-6,13H,1H3,(H,14,15);2-6,13H,1H3,(H,14,15). The number of ether oxygens (including phenoxy) is 1. The van der Waals surface area contributed by atoms with Gasteiger partial charge in [-0.05, 0) is 71.1 Å². The van der Waals surface area contributed by atoms with Crippen LogP contribution in [0.4, 0.5) is 0 Å². The van der Waals surface area contributed by atoms with Gasteiger partial charge in [0.1, 0.15) is 5.75 Å². The van der Waals surface area contributed by atoms with Crippen LogP contribution < -0.4 is 4.74 Å². The average Bonchev–Trinajstić information content (AvgIpc) is 2.76. The highest BCUT2D eigenvalue weighted by molar-refractivity contribution is 5.98. The maximum Gasteiger partial charge on any atom is 0.335 e. The zero-order chi connectivity index (χ0) is 22.7. The number of carbonyl (C=O) groups is 2. The van der Waals surface area contributed by atoms with E-state index in [-0.39, 0.29) is 22.6 Å². The average molecular weight is 420 g/mol. The summed E-state index contributed by atoms with van der Waals surface area (Å²) in [6, 6.07) is 15.9. The lowest BCUT2D eigenvalue weighted by Gasteiger charge is -2.07. The van der Waals surface area contributed by atoms with E-state index in [1.54, 1.807) is 49.4 Å². The summed E-state index contributed by atoms with van der Waals surface area (Å²) >= 11 is 0. The third-order valence-electron chi connectivity index (χ3n) is 4.91. The highest BCUT2D eigenvalue weighted by Gasteiger charge is 2.10. The van der Waals surface area contributed by atoms with Crippen LogP contribution in [0.2, 0.25) is 0 Å². The molecule has 4 N–H and O–H groups in total. The molecular formula is C24H20O7. The maximum atomic E-state index is 10.8. The molecule has 0 heterocycles. The summed E-state index contributed by atoms with van der Waals surface area (Å²) in [5, 5.41) is 39.8. The molecule has 0 fully saturated rings. The predicted octanol–water partition coefficient (Wildman–Crippen LogP) is 4.80. The molecule has 31 heavy (non-hydrogen) atoms. The number of phenolic OH excluding ortho intramolecular Hbond substituents is 2. The zero-order valence-corrected chi connectivity index (χ0v) is 16.8. The minimum Gasteiger partial charge on any atom is -0.508 e. The van der Waals surface area contributed by atoms with E-state index in [4.69, 9.17) is 14.9 Å². The first-order valence-electron chi connectivity index (χ1n) is 9.21. The number of aryl methyl sites for hydroxylation is 1. The molecule has 0 radical (unpaired) electrons. The van der Waals surface area contributed by atoms with Gasteiger partial charge in [0.15, 0.2) is 11.5 Å². The maximum absolute atomic E-state index is 10.8. The molecular weight excluding hydrogens is 400 g/mol. The largest absolute Gasteiger partial charge is 0.508 e. The van der Waals surface area contributed by atoms with Crippen molar-refractivity contribution >= 4 is 33.5 Å². The van der Waals surface area contributed by atoms with Gasteiger partial charge in [0.05, 0.1) is 18.2 Å². The summed E-state index contributed by atoms with van der Waals surface area (Å²) in [6.45, 7) is 1.80. The molecule has 0 aliphatic rings. The van der Waals surface area contributed by atoms with E-state index in [0.29, 0.717) is 11.1 Å². The van der Waals surface area contributed by atoms with Gasteiger partial charge in [-0.1, -0.05) is 18.2 Å². The zero-order valence-electron chi connectivity index (χ0n) is 16.8. The second kappa shape index (κ2) is 8.62. The number of methoxy groups -OCH3 is 1. The Hall–Kier alpha value is -4.26. The SMILES string of the molecule is COc1c(O)ccc2cc(C(=O)O)ccc12.Cc1c(O)ccc2cc(C(=O)O)ccc12. The summed E-state index contributed by atoms with van der Waals surface area (Å²) in [4.78, 5) is 21.5. The lowest BCUT2D eigenvalue weighted by molar-refractivity contribution is 0.0686. The summed E-state index contributed by atoms with van der Waals surface area (Å²) in [5.41, 5.74) is 1.23. The number of aromatic hydroxyl groups is 2. The van der Waals surface area contributed by atoms with E-state index in [9.17, 15) is 19.8 Å². The highest BCUT2D eigenvalue weighted by Crippen LogP contribution is 2.34. The molecule has 4 aromatic rings. The first-order chi connectivity index (χ1) is 14.7. The Labute approximate surface area is 177 Å². The van der Waals surface area contributed by atoms with E-state index in [2.05, 4.69) is 0 Å². The molecule has 0 spiro atoms. The van der Waals surface area contributed by atoms with Crippen LogP contribution >= 0.6 is 0 Å². The normalized spacial score (nSPS) is 10.4. The van der Waals surface area contributed by atoms with Crippen molar-refractivity contribution in [3.8, 4) is 17.2 Å². The fourth-order valence-corrected chi connectivity index (χ4v) is 3.24. The monoisotopic (exact) mass is 420 g/mol. The van der Waals surface area contributed by atoms with Gasteiger partial charge in [-0.25, -0.2) is 9.59 Å². The number of aromatic carboxylic acids is 2. The molecule has 0 aliphatic heterocycles. The van der Waals surface area contributed by atoms with Crippen molar-refractivity contribution in [2.75, 3.05) is 7.11 Å². The minimum absolute atomic E-state index is 0.0399. The van der Waals surface area contributed by atoms with Crippen molar-refractivity contribution in [3.63, 3.8) is 0 Å². The molecule has 0 bridgehead atoms. The van der Waals surface area contributed by atoms with Gasteiger partial charge in [0, 0.05) is 5.39 Å². The van der Waals surface area contributed by atoms with Crippen molar-refractivity contribution in [3.05, 3.63) is 77.4 Å². The molecule has 4 aromatic carbocycles. The van der Waals surface area contributed by atoms with Crippen LogP contribution in [-0.2, 0) is 0 Å². The highest BCUT2D eigenvalue weighted by atomic mass is 16.5. The van der Waals surface area contributed by atoms with Gasteiger partial charge >= 0.3 is 11.9 Å². The van der Waals surface area contributed by atoms with Crippen LogP contribution in [0.1, 0.15) is 26.3 Å². The summed E-state index contributed by atoms with van der Waals surface area (Å²) in [6.07, 6.45) is 0. The fourth-order valence-electron chi connectivity index (χ4n) is 3.24. The molecule has 0 aromatic heterocycles. The molecule has 0 aliphatic carbocycles. The van der Waals surface area contributed by atoms with Crippen LogP contribution in [0.15, 0.2) is 60.7 Å². The third kappa shape index (κ3) is 4.35. The number of rotatable bonds is 3. The van der Waals surface area contributed by atoms with Gasteiger partial charge in [0.25, 0.3) is 0 Å². The Morgan fingerprint density at radius 2 is 1.19 bits per heavy atom. The molecule has 7 heteroatoms. The second-order valence-corrected chi connectivity index (χ2v) is 6.81. The second-order valence-electron chi connectivity index (χ2n) is 6.81. The van der Waals surface area contributed by atoms with Crippen LogP contribution in [0.3, 0.4) is 0 Å². The minimum atomic E-state index is -0.978. The van der Waals surface area contributed by atoms with Crippen LogP contribution in [-0.4, -0.2) is 39.5 Å². The lowest BCUT2D eigenvalue weighted by atomic mass is 10.0. The first-order valence-corrected chi connectivity index (χ1v) is 9.21. The molecule has 0 unspecified atom stereocenters. The van der Waals surface area contributed by atoms with E-state index in [0.717, 1.165) is 21.7 Å². The number of hydrogen-bond acceptors (Lipinski definition) is 5. The predicted molar refractivity (Wildman–Crippen MR) is 116 cm³/mol. The number of fused-ring (bicyclic) bond motifs is 2. The molecule has 0 saturated carbocycles. The number of phenols is 2. The van der Waals surface area contributed by atoms with Crippen LogP contribution in [0, 0.1) is 6.92 Å². The molecule has 7 nitrogen and oxygen atoms in total. The van der Waals surface area contributed by atoms with Crippen molar-refractivity contribution in [2.24, 2.45) is 0 Å². The van der Waals surface area contributed by atoms with E-state index in [1.165, 1.54) is 25.3 Å². The van der Waals surface area contributed by atoms with Crippen LogP contribution in [0.25, 0.3) is 21.5 Å². The van der Waals surface area contributed by atoms with Gasteiger partial charge in [-0.15, -0.1) is 0 Å². The number of benzene rings is 4. The summed E-state index contributed by atoms with van der Waals surface area (Å²) in [5.74, 6) is -1.30. The van der Waals surface area contributed by atoms with Crippen molar-refractivity contribution < 1.29 is 34.8 Å². The molecule has 0 saturated heterocycles. The molecule has 4 rings (SSSR count). The van der Waals surface area contributed by atoms with E-state index in [1.807, 2.05) is 0 Å². The Kier molecular flexibility index (Phi) is 5.97. The van der Waals surface area contributed by atoms with Crippen molar-refractivity contribution in [1.82, 2.24) is 0 Å². The lowest BCUT2D eigenvalue weighted by Crippen LogP contribution is -1.95. The fraction of sp³-hybridized carbons (Fsp3) is 0.0833. The van der Waals surface area contributed by atoms with E-state index < -0.39 is 11.9 Å².